The number of thiophene rings is 1. The van der Waals surface area contributed by atoms with Crippen LogP contribution in [-0.2, 0) is 0 Å². The molecule has 0 aliphatic rings. The van der Waals surface area contributed by atoms with Gasteiger partial charge in [-0.15, -0.1) is 11.3 Å². The molecule has 0 saturated heterocycles. The average molecular weight is 592 g/mol. The van der Waals surface area contributed by atoms with Crippen LogP contribution in [0.4, 0.5) is 0 Å². The lowest BCUT2D eigenvalue weighted by atomic mass is 9.93. The zero-order chi connectivity index (χ0) is 29.5. The van der Waals surface area contributed by atoms with Crippen LogP contribution < -0.4 is 0 Å². The van der Waals surface area contributed by atoms with Crippen LogP contribution in [0.3, 0.4) is 0 Å². The van der Waals surface area contributed by atoms with Gasteiger partial charge in [-0.1, -0.05) is 115 Å². The smallest absolute Gasteiger partial charge is 0.136 e. The van der Waals surface area contributed by atoms with Crippen molar-refractivity contribution in [1.82, 2.24) is 4.57 Å². The summed E-state index contributed by atoms with van der Waals surface area (Å²) in [6.07, 6.45) is 0. The van der Waals surface area contributed by atoms with E-state index in [1.807, 2.05) is 11.3 Å². The fourth-order valence-corrected chi connectivity index (χ4v) is 8.58. The Hall–Kier alpha value is -5.64. The standard InChI is InChI=1S/C42H25NOS/c1-2-12-28(13-3-1)43-36-20-9-8-17-33(36)42-40(43)35-19-10-18-32(41(35)45-42)31-16-7-6-14-29(31)27-21-23-34-38(25-27)44-37-24-22-26-11-4-5-15-30(26)39(34)37/h1-25H. The molecule has 0 unspecified atom stereocenters. The Morgan fingerprint density at radius 3 is 2.11 bits per heavy atom. The van der Waals surface area contributed by atoms with E-state index >= 15 is 0 Å². The fourth-order valence-electron chi connectivity index (χ4n) is 7.23. The second-order valence-electron chi connectivity index (χ2n) is 11.7. The van der Waals surface area contributed by atoms with E-state index in [4.69, 9.17) is 4.42 Å². The zero-order valence-corrected chi connectivity index (χ0v) is 25.0. The largest absolute Gasteiger partial charge is 0.456 e. The first-order valence-corrected chi connectivity index (χ1v) is 16.1. The monoisotopic (exact) mass is 591 g/mol. The summed E-state index contributed by atoms with van der Waals surface area (Å²) in [5.74, 6) is 0. The summed E-state index contributed by atoms with van der Waals surface area (Å²) >= 11 is 1.90. The number of benzene rings is 7. The lowest BCUT2D eigenvalue weighted by molar-refractivity contribution is 0.669. The first-order valence-electron chi connectivity index (χ1n) is 15.3. The van der Waals surface area contributed by atoms with Crippen molar-refractivity contribution >= 4 is 75.3 Å². The highest BCUT2D eigenvalue weighted by atomic mass is 32.1. The van der Waals surface area contributed by atoms with Crippen molar-refractivity contribution in [3.8, 4) is 27.9 Å². The van der Waals surface area contributed by atoms with Crippen molar-refractivity contribution < 1.29 is 4.42 Å². The number of aromatic nitrogens is 1. The highest BCUT2D eigenvalue weighted by Crippen LogP contribution is 2.47. The molecule has 3 aromatic heterocycles. The van der Waals surface area contributed by atoms with Gasteiger partial charge in [0.1, 0.15) is 11.2 Å². The van der Waals surface area contributed by atoms with E-state index in [2.05, 4.69) is 156 Å². The molecule has 2 nitrogen and oxygen atoms in total. The van der Waals surface area contributed by atoms with Crippen LogP contribution in [0.2, 0.25) is 0 Å². The van der Waals surface area contributed by atoms with Gasteiger partial charge in [-0.05, 0) is 63.9 Å². The first kappa shape index (κ1) is 24.8. The van der Waals surface area contributed by atoms with Gasteiger partial charge in [0, 0.05) is 37.5 Å². The first-order chi connectivity index (χ1) is 22.3. The van der Waals surface area contributed by atoms with Gasteiger partial charge in [0.15, 0.2) is 0 Å². The van der Waals surface area contributed by atoms with Crippen molar-refractivity contribution in [3.05, 3.63) is 152 Å². The van der Waals surface area contributed by atoms with Crippen LogP contribution in [0.25, 0.3) is 91.9 Å². The Kier molecular flexibility index (Phi) is 5.19. The van der Waals surface area contributed by atoms with Crippen LogP contribution in [-0.4, -0.2) is 4.57 Å². The molecular weight excluding hydrogens is 567 g/mol. The predicted molar refractivity (Wildman–Crippen MR) is 192 cm³/mol. The molecule has 45 heavy (non-hydrogen) atoms. The average Bonchev–Trinajstić information content (AvgIpc) is 3.77. The van der Waals surface area contributed by atoms with Crippen LogP contribution in [0.1, 0.15) is 0 Å². The van der Waals surface area contributed by atoms with Gasteiger partial charge in [-0.3, -0.25) is 0 Å². The number of hydrogen-bond donors (Lipinski definition) is 0. The molecule has 0 aliphatic carbocycles. The summed E-state index contributed by atoms with van der Waals surface area (Å²) in [6, 6.07) is 54.5. The Labute approximate surface area is 263 Å². The molecule has 0 N–H and O–H groups in total. The summed E-state index contributed by atoms with van der Waals surface area (Å²) in [5, 5.41) is 7.36. The SMILES string of the molecule is c1ccc(-n2c3ccccc3c3sc4c(-c5ccccc5-c5ccc6c(c5)oc5ccc7ccccc7c56)cccc4c32)cc1. The molecule has 0 atom stereocenters. The van der Waals surface area contributed by atoms with Gasteiger partial charge >= 0.3 is 0 Å². The van der Waals surface area contributed by atoms with E-state index < -0.39 is 0 Å². The van der Waals surface area contributed by atoms with Crippen molar-refractivity contribution in [2.45, 2.75) is 0 Å². The van der Waals surface area contributed by atoms with E-state index in [-0.39, 0.29) is 0 Å². The van der Waals surface area contributed by atoms with Gasteiger partial charge in [0.25, 0.3) is 0 Å². The molecule has 10 aromatic rings. The van der Waals surface area contributed by atoms with Crippen molar-refractivity contribution in [3.63, 3.8) is 0 Å². The van der Waals surface area contributed by atoms with E-state index in [0.29, 0.717) is 0 Å². The molecule has 0 amide bonds. The number of para-hydroxylation sites is 2. The minimum absolute atomic E-state index is 0.914. The summed E-state index contributed by atoms with van der Waals surface area (Å²) < 4.78 is 11.5. The second kappa shape index (κ2) is 9.43. The molecule has 210 valence electrons. The summed E-state index contributed by atoms with van der Waals surface area (Å²) in [4.78, 5) is 0. The number of fused-ring (bicyclic) bond motifs is 10. The maximum atomic E-state index is 6.46. The molecule has 0 radical (unpaired) electrons. The van der Waals surface area contributed by atoms with Crippen molar-refractivity contribution in [2.75, 3.05) is 0 Å². The van der Waals surface area contributed by atoms with Crippen LogP contribution >= 0.6 is 11.3 Å². The number of nitrogens with zero attached hydrogens (tertiary/aromatic N) is 1. The lowest BCUT2D eigenvalue weighted by Gasteiger charge is -2.12. The molecule has 0 bridgehead atoms. The van der Waals surface area contributed by atoms with E-state index in [9.17, 15) is 0 Å². The van der Waals surface area contributed by atoms with Gasteiger partial charge in [-0.25, -0.2) is 0 Å². The molecule has 0 saturated carbocycles. The van der Waals surface area contributed by atoms with Crippen LogP contribution in [0, 0.1) is 0 Å². The molecule has 3 heterocycles. The molecular formula is C42H25NOS. The quantitative estimate of drug-likeness (QED) is 0.200. The van der Waals surface area contributed by atoms with E-state index in [1.54, 1.807) is 0 Å². The summed E-state index contributed by atoms with van der Waals surface area (Å²) in [7, 11) is 0. The van der Waals surface area contributed by atoms with Crippen LogP contribution in [0.15, 0.2) is 156 Å². The Bertz CT molecular complexity index is 2760. The Morgan fingerprint density at radius 2 is 1.20 bits per heavy atom. The van der Waals surface area contributed by atoms with E-state index in [1.165, 1.54) is 69.7 Å². The second-order valence-corrected chi connectivity index (χ2v) is 12.7. The third-order valence-electron chi connectivity index (χ3n) is 9.21. The fraction of sp³-hybridized carbons (Fsp3) is 0. The lowest BCUT2D eigenvalue weighted by Crippen LogP contribution is -1.93. The highest BCUT2D eigenvalue weighted by molar-refractivity contribution is 7.27. The molecule has 7 aromatic carbocycles. The maximum Gasteiger partial charge on any atom is 0.136 e. The minimum Gasteiger partial charge on any atom is -0.456 e. The van der Waals surface area contributed by atoms with Gasteiger partial charge < -0.3 is 8.98 Å². The Morgan fingerprint density at radius 1 is 0.467 bits per heavy atom. The van der Waals surface area contributed by atoms with Gasteiger partial charge in [0.2, 0.25) is 0 Å². The highest BCUT2D eigenvalue weighted by Gasteiger charge is 2.21. The van der Waals surface area contributed by atoms with Gasteiger partial charge in [-0.2, -0.15) is 0 Å². The molecule has 0 fully saturated rings. The summed E-state index contributed by atoms with van der Waals surface area (Å²) in [5.41, 5.74) is 10.4. The van der Waals surface area contributed by atoms with Crippen molar-refractivity contribution in [1.29, 1.82) is 0 Å². The predicted octanol–water partition coefficient (Wildman–Crippen LogP) is 12.4. The number of hydrogen-bond acceptors (Lipinski definition) is 2. The van der Waals surface area contributed by atoms with Gasteiger partial charge in [0.05, 0.1) is 15.7 Å². The topological polar surface area (TPSA) is 18.1 Å². The van der Waals surface area contributed by atoms with E-state index in [0.717, 1.165) is 22.1 Å². The maximum absolute atomic E-state index is 6.46. The zero-order valence-electron chi connectivity index (χ0n) is 24.2. The number of rotatable bonds is 3. The normalized spacial score (nSPS) is 12.0. The summed E-state index contributed by atoms with van der Waals surface area (Å²) in [6.45, 7) is 0. The van der Waals surface area contributed by atoms with Crippen molar-refractivity contribution in [2.24, 2.45) is 0 Å². The Balaban J connectivity index is 1.21. The molecule has 3 heteroatoms. The van der Waals surface area contributed by atoms with Crippen LogP contribution in [0.5, 0.6) is 0 Å². The minimum atomic E-state index is 0.914. The molecule has 0 aliphatic heterocycles. The third kappa shape index (κ3) is 3.56. The number of furan rings is 1. The third-order valence-corrected chi connectivity index (χ3v) is 10.5. The molecule has 0 spiro atoms. The molecule has 10 rings (SSSR count).